The highest BCUT2D eigenvalue weighted by atomic mass is 79.9. The smallest absolute Gasteiger partial charge is 0.343 e. The average molecular weight is 540 g/mol. The van der Waals surface area contributed by atoms with Gasteiger partial charge in [0, 0.05) is 10.0 Å². The summed E-state index contributed by atoms with van der Waals surface area (Å²) in [5, 5.41) is 6.27. The number of halogens is 1. The molecule has 0 aromatic heterocycles. The van der Waals surface area contributed by atoms with Crippen molar-refractivity contribution in [2.24, 2.45) is 5.10 Å². The minimum Gasteiger partial charge on any atom is -0.495 e. The van der Waals surface area contributed by atoms with Crippen molar-refractivity contribution in [1.82, 2.24) is 5.43 Å². The number of para-hydroxylation sites is 2. The fraction of sp³-hybridized carbons (Fsp3) is 0.120. The third-order valence-corrected chi connectivity index (χ3v) is 5.00. The van der Waals surface area contributed by atoms with Gasteiger partial charge < -0.3 is 19.5 Å². The number of esters is 1. The van der Waals surface area contributed by atoms with Crippen LogP contribution in [0.5, 0.6) is 17.2 Å². The molecule has 0 spiro atoms. The molecule has 0 heterocycles. The molecule has 0 radical (unpaired) electrons. The first kappa shape index (κ1) is 25.4. The number of anilines is 1. The zero-order valence-electron chi connectivity index (χ0n) is 18.9. The second-order valence-electron chi connectivity index (χ2n) is 6.88. The highest BCUT2D eigenvalue weighted by Crippen LogP contribution is 2.24. The van der Waals surface area contributed by atoms with E-state index in [2.05, 4.69) is 31.8 Å². The quantitative estimate of drug-likeness (QED) is 0.146. The lowest BCUT2D eigenvalue weighted by atomic mass is 10.2. The molecule has 0 fully saturated rings. The number of nitrogens with one attached hydrogen (secondary N) is 2. The van der Waals surface area contributed by atoms with Gasteiger partial charge in [-0.2, -0.15) is 5.10 Å². The third-order valence-electron chi connectivity index (χ3n) is 4.51. The molecule has 0 aliphatic carbocycles. The van der Waals surface area contributed by atoms with Crippen LogP contribution in [0.4, 0.5) is 5.69 Å². The molecule has 3 rings (SSSR count). The summed E-state index contributed by atoms with van der Waals surface area (Å²) in [4.78, 5) is 36.9. The molecule has 35 heavy (non-hydrogen) atoms. The molecule has 0 saturated heterocycles. The van der Waals surface area contributed by atoms with Gasteiger partial charge in [0.15, 0.2) is 0 Å². The van der Waals surface area contributed by atoms with Gasteiger partial charge in [-0.25, -0.2) is 10.2 Å². The normalized spacial score (nSPS) is 10.5. The first-order valence-electron chi connectivity index (χ1n) is 10.4. The van der Waals surface area contributed by atoms with Crippen LogP contribution in [0.1, 0.15) is 22.8 Å². The first-order chi connectivity index (χ1) is 16.9. The number of amides is 2. The van der Waals surface area contributed by atoms with E-state index in [0.29, 0.717) is 39.4 Å². The number of nitrogens with zero attached hydrogens (tertiary/aromatic N) is 1. The number of methoxy groups -OCH3 is 1. The Hall–Kier alpha value is -4.18. The molecular formula is C25H22BrN3O6. The Bertz CT molecular complexity index is 1240. The third kappa shape index (κ3) is 7.15. The Balaban J connectivity index is 1.66. The molecule has 2 N–H and O–H groups in total. The molecule has 0 bridgehead atoms. The van der Waals surface area contributed by atoms with E-state index in [9.17, 15) is 14.4 Å². The van der Waals surface area contributed by atoms with Gasteiger partial charge in [0.25, 0.3) is 0 Å². The van der Waals surface area contributed by atoms with Gasteiger partial charge in [-0.05, 0) is 61.5 Å². The van der Waals surface area contributed by atoms with Crippen LogP contribution in [0.15, 0.2) is 76.3 Å². The van der Waals surface area contributed by atoms with Crippen molar-refractivity contribution in [3.05, 3.63) is 82.3 Å². The average Bonchev–Trinajstić information content (AvgIpc) is 2.86. The summed E-state index contributed by atoms with van der Waals surface area (Å²) < 4.78 is 16.7. The summed E-state index contributed by atoms with van der Waals surface area (Å²) >= 11 is 3.35. The molecule has 0 aliphatic rings. The molecule has 0 aliphatic heterocycles. The van der Waals surface area contributed by atoms with Gasteiger partial charge >= 0.3 is 17.8 Å². The number of rotatable bonds is 8. The zero-order valence-corrected chi connectivity index (χ0v) is 20.5. The molecule has 0 unspecified atom stereocenters. The van der Waals surface area contributed by atoms with Crippen molar-refractivity contribution in [2.45, 2.75) is 6.92 Å². The van der Waals surface area contributed by atoms with Crippen molar-refractivity contribution >= 4 is 45.6 Å². The fourth-order valence-corrected chi connectivity index (χ4v) is 3.24. The van der Waals surface area contributed by atoms with Gasteiger partial charge in [0.05, 0.1) is 31.2 Å². The lowest BCUT2D eigenvalue weighted by Gasteiger charge is -2.09. The van der Waals surface area contributed by atoms with Gasteiger partial charge in [-0.1, -0.05) is 28.1 Å². The Morgan fingerprint density at radius 1 is 0.971 bits per heavy atom. The number of hydrazone groups is 1. The zero-order chi connectivity index (χ0) is 25.2. The van der Waals surface area contributed by atoms with Crippen molar-refractivity contribution in [3.8, 4) is 17.2 Å². The molecule has 10 heteroatoms. The molecule has 9 nitrogen and oxygen atoms in total. The largest absolute Gasteiger partial charge is 0.495 e. The summed E-state index contributed by atoms with van der Waals surface area (Å²) in [6.45, 7) is 2.39. The van der Waals surface area contributed by atoms with E-state index in [1.807, 2.05) is 6.92 Å². The highest BCUT2D eigenvalue weighted by molar-refractivity contribution is 9.10. The maximum Gasteiger partial charge on any atom is 0.343 e. The van der Waals surface area contributed by atoms with Crippen LogP contribution in [0.2, 0.25) is 0 Å². The minimum absolute atomic E-state index is 0.212. The van der Waals surface area contributed by atoms with Crippen LogP contribution in [0.3, 0.4) is 0 Å². The van der Waals surface area contributed by atoms with Crippen molar-refractivity contribution in [3.63, 3.8) is 0 Å². The lowest BCUT2D eigenvalue weighted by Crippen LogP contribution is -2.32. The number of carbonyl (C=O) groups excluding carboxylic acids is 3. The van der Waals surface area contributed by atoms with Crippen LogP contribution in [-0.4, -0.2) is 37.7 Å². The van der Waals surface area contributed by atoms with E-state index in [0.717, 1.165) is 0 Å². The molecule has 0 saturated carbocycles. The van der Waals surface area contributed by atoms with Crippen LogP contribution in [0, 0.1) is 0 Å². The number of hydrogen-bond acceptors (Lipinski definition) is 7. The monoisotopic (exact) mass is 539 g/mol. The highest BCUT2D eigenvalue weighted by Gasteiger charge is 2.16. The Kier molecular flexibility index (Phi) is 8.96. The molecule has 0 atom stereocenters. The van der Waals surface area contributed by atoms with Crippen LogP contribution in [0.25, 0.3) is 0 Å². The van der Waals surface area contributed by atoms with Crippen LogP contribution >= 0.6 is 15.9 Å². The van der Waals surface area contributed by atoms with E-state index in [1.165, 1.54) is 13.3 Å². The summed E-state index contributed by atoms with van der Waals surface area (Å²) in [5.41, 5.74) is 3.22. The van der Waals surface area contributed by atoms with E-state index in [1.54, 1.807) is 66.7 Å². The maximum absolute atomic E-state index is 12.6. The predicted octanol–water partition coefficient (Wildman–Crippen LogP) is 4.16. The van der Waals surface area contributed by atoms with E-state index < -0.39 is 17.8 Å². The van der Waals surface area contributed by atoms with Crippen LogP contribution < -0.4 is 25.0 Å². The predicted molar refractivity (Wildman–Crippen MR) is 134 cm³/mol. The molecule has 2 amide bonds. The fourth-order valence-electron chi connectivity index (χ4n) is 2.86. The summed E-state index contributed by atoms with van der Waals surface area (Å²) in [6, 6.07) is 18.1. The van der Waals surface area contributed by atoms with E-state index in [-0.39, 0.29) is 5.75 Å². The molecular weight excluding hydrogens is 518 g/mol. The number of hydrogen-bond donors (Lipinski definition) is 2. The van der Waals surface area contributed by atoms with Crippen LogP contribution in [-0.2, 0) is 9.59 Å². The van der Waals surface area contributed by atoms with Crippen molar-refractivity contribution < 1.29 is 28.6 Å². The van der Waals surface area contributed by atoms with Gasteiger partial charge in [0.1, 0.15) is 17.2 Å². The maximum atomic E-state index is 12.6. The number of ether oxygens (including phenoxy) is 3. The van der Waals surface area contributed by atoms with Gasteiger partial charge in [0.2, 0.25) is 0 Å². The summed E-state index contributed by atoms with van der Waals surface area (Å²) in [7, 11) is 1.45. The van der Waals surface area contributed by atoms with Gasteiger partial charge in [-0.15, -0.1) is 0 Å². The molecule has 3 aromatic carbocycles. The lowest BCUT2D eigenvalue weighted by molar-refractivity contribution is -0.136. The Morgan fingerprint density at radius 3 is 2.43 bits per heavy atom. The summed E-state index contributed by atoms with van der Waals surface area (Å²) in [5.74, 6) is -1.23. The Morgan fingerprint density at radius 2 is 1.71 bits per heavy atom. The number of benzene rings is 3. The van der Waals surface area contributed by atoms with Crippen molar-refractivity contribution in [2.75, 3.05) is 19.0 Å². The second-order valence-corrected chi connectivity index (χ2v) is 7.80. The van der Waals surface area contributed by atoms with E-state index in [4.69, 9.17) is 14.2 Å². The number of carbonyl (C=O) groups is 3. The van der Waals surface area contributed by atoms with Crippen molar-refractivity contribution in [1.29, 1.82) is 0 Å². The molecule has 180 valence electrons. The standard InChI is InChI=1S/C25H22BrN3O6/c1-3-34-19-11-8-16(9-12-19)25(32)35-21-13-10-18(26)14-17(21)15-27-29-24(31)23(30)28-20-6-4-5-7-22(20)33-2/h4-15H,3H2,1-2H3,(H,28,30)(H,29,31). The minimum atomic E-state index is -0.991. The second kappa shape index (κ2) is 12.3. The van der Waals surface area contributed by atoms with Gasteiger partial charge in [-0.3, -0.25) is 9.59 Å². The Labute approximate surface area is 210 Å². The molecule has 3 aromatic rings. The first-order valence-corrected chi connectivity index (χ1v) is 11.2. The van der Waals surface area contributed by atoms with E-state index >= 15 is 0 Å². The topological polar surface area (TPSA) is 115 Å². The SMILES string of the molecule is CCOc1ccc(C(=O)Oc2ccc(Br)cc2C=NNC(=O)C(=O)Nc2ccccc2OC)cc1. The summed E-state index contributed by atoms with van der Waals surface area (Å²) in [6.07, 6.45) is 1.26.